The molecule has 0 aliphatic rings. The molecule has 0 saturated heterocycles. The second kappa shape index (κ2) is 5.63. The summed E-state index contributed by atoms with van der Waals surface area (Å²) in [6, 6.07) is 8.27. The van der Waals surface area contributed by atoms with Crippen LogP contribution in [0.2, 0.25) is 5.02 Å². The summed E-state index contributed by atoms with van der Waals surface area (Å²) in [6.45, 7) is 5.03. The Labute approximate surface area is 111 Å². The Balaban J connectivity index is 1.93. The van der Waals surface area contributed by atoms with Crippen molar-refractivity contribution in [1.82, 2.24) is 10.3 Å². The summed E-state index contributed by atoms with van der Waals surface area (Å²) in [5.74, 6) is 0. The van der Waals surface area contributed by atoms with Crippen LogP contribution >= 0.6 is 22.9 Å². The van der Waals surface area contributed by atoms with Crippen LogP contribution in [0, 0.1) is 6.92 Å². The molecule has 1 N–H and O–H groups in total. The van der Waals surface area contributed by atoms with E-state index in [1.807, 2.05) is 25.3 Å². The van der Waals surface area contributed by atoms with E-state index in [-0.39, 0.29) is 0 Å². The molecule has 90 valence electrons. The van der Waals surface area contributed by atoms with Crippen LogP contribution in [0.3, 0.4) is 0 Å². The monoisotopic (exact) mass is 266 g/mol. The van der Waals surface area contributed by atoms with E-state index >= 15 is 0 Å². The lowest BCUT2D eigenvalue weighted by Gasteiger charge is -2.13. The number of hydrogen-bond donors (Lipinski definition) is 1. The van der Waals surface area contributed by atoms with E-state index in [2.05, 4.69) is 29.4 Å². The molecule has 0 aliphatic carbocycles. The smallest absolute Gasteiger partial charge is 0.0897 e. The molecule has 0 unspecified atom stereocenters. The summed E-state index contributed by atoms with van der Waals surface area (Å²) in [7, 11) is 0. The van der Waals surface area contributed by atoms with Crippen LogP contribution in [-0.2, 0) is 6.54 Å². The number of thiazole rings is 1. The van der Waals surface area contributed by atoms with Crippen molar-refractivity contribution >= 4 is 22.9 Å². The van der Waals surface area contributed by atoms with Gasteiger partial charge in [0.25, 0.3) is 0 Å². The quantitative estimate of drug-likeness (QED) is 0.906. The standard InChI is InChI=1S/C13H15ClN2S/c1-9(11-3-5-12(14)6-4-11)15-7-13-8-16-10(2)17-13/h3-6,8-9,15H,7H2,1-2H3/t9-/m0/s1. The summed E-state index contributed by atoms with van der Waals surface area (Å²) in [5, 5.41) is 5.36. The number of nitrogens with one attached hydrogen (secondary N) is 1. The average molecular weight is 267 g/mol. The molecular formula is C13H15ClN2S. The van der Waals surface area contributed by atoms with E-state index < -0.39 is 0 Å². The maximum atomic E-state index is 5.87. The highest BCUT2D eigenvalue weighted by molar-refractivity contribution is 7.11. The largest absolute Gasteiger partial charge is 0.305 e. The molecule has 0 spiro atoms. The third-order valence-electron chi connectivity index (χ3n) is 2.62. The van der Waals surface area contributed by atoms with Crippen molar-refractivity contribution in [2.24, 2.45) is 0 Å². The van der Waals surface area contributed by atoms with Gasteiger partial charge in [-0.1, -0.05) is 23.7 Å². The second-order valence-corrected chi connectivity index (χ2v) is 5.76. The van der Waals surface area contributed by atoms with Gasteiger partial charge >= 0.3 is 0 Å². The summed E-state index contributed by atoms with van der Waals surface area (Å²) in [4.78, 5) is 5.51. The Morgan fingerprint density at radius 1 is 1.35 bits per heavy atom. The highest BCUT2D eigenvalue weighted by Crippen LogP contribution is 2.17. The van der Waals surface area contributed by atoms with Crippen LogP contribution in [0.4, 0.5) is 0 Å². The molecule has 4 heteroatoms. The molecule has 1 heterocycles. The normalized spacial score (nSPS) is 12.6. The van der Waals surface area contributed by atoms with Gasteiger partial charge in [-0.2, -0.15) is 0 Å². The maximum Gasteiger partial charge on any atom is 0.0897 e. The maximum absolute atomic E-state index is 5.87. The third-order valence-corrected chi connectivity index (χ3v) is 3.79. The van der Waals surface area contributed by atoms with E-state index in [0.717, 1.165) is 16.6 Å². The summed E-state index contributed by atoms with van der Waals surface area (Å²) in [6.07, 6.45) is 1.93. The second-order valence-electron chi connectivity index (χ2n) is 4.00. The lowest BCUT2D eigenvalue weighted by molar-refractivity contribution is 0.578. The SMILES string of the molecule is Cc1ncc(CN[C@@H](C)c2ccc(Cl)cc2)s1. The Morgan fingerprint density at radius 3 is 2.65 bits per heavy atom. The molecular weight excluding hydrogens is 252 g/mol. The zero-order valence-electron chi connectivity index (χ0n) is 9.90. The van der Waals surface area contributed by atoms with E-state index in [0.29, 0.717) is 6.04 Å². The molecule has 1 aromatic heterocycles. The molecule has 2 nitrogen and oxygen atoms in total. The lowest BCUT2D eigenvalue weighted by Crippen LogP contribution is -2.17. The Kier molecular flexibility index (Phi) is 4.15. The molecule has 2 aromatic rings. The Bertz CT molecular complexity index is 478. The van der Waals surface area contributed by atoms with Crippen LogP contribution in [0.25, 0.3) is 0 Å². The van der Waals surface area contributed by atoms with Crippen molar-refractivity contribution in [3.05, 3.63) is 50.9 Å². The van der Waals surface area contributed by atoms with Crippen LogP contribution in [-0.4, -0.2) is 4.98 Å². The molecule has 0 amide bonds. The highest BCUT2D eigenvalue weighted by atomic mass is 35.5. The number of halogens is 1. The number of aromatic nitrogens is 1. The van der Waals surface area contributed by atoms with Gasteiger partial charge in [-0.25, -0.2) is 4.98 Å². The molecule has 1 atom stereocenters. The lowest BCUT2D eigenvalue weighted by atomic mass is 10.1. The first-order valence-corrected chi connectivity index (χ1v) is 6.75. The average Bonchev–Trinajstić information content (AvgIpc) is 2.73. The number of nitrogens with zero attached hydrogens (tertiary/aromatic N) is 1. The van der Waals surface area contributed by atoms with Crippen molar-refractivity contribution in [1.29, 1.82) is 0 Å². The fourth-order valence-corrected chi connectivity index (χ4v) is 2.48. The van der Waals surface area contributed by atoms with Crippen molar-refractivity contribution in [3.63, 3.8) is 0 Å². The van der Waals surface area contributed by atoms with Gasteiger partial charge in [-0.15, -0.1) is 11.3 Å². The predicted molar refractivity (Wildman–Crippen MR) is 73.6 cm³/mol. The van der Waals surface area contributed by atoms with E-state index in [1.165, 1.54) is 10.4 Å². The van der Waals surface area contributed by atoms with Crippen molar-refractivity contribution in [2.45, 2.75) is 26.4 Å². The van der Waals surface area contributed by atoms with Crippen LogP contribution in [0.15, 0.2) is 30.5 Å². The molecule has 0 fully saturated rings. The first-order valence-electron chi connectivity index (χ1n) is 5.55. The predicted octanol–water partition coefficient (Wildman–Crippen LogP) is 3.96. The molecule has 2 rings (SSSR count). The molecule has 0 aliphatic heterocycles. The highest BCUT2D eigenvalue weighted by Gasteiger charge is 2.05. The fourth-order valence-electron chi connectivity index (χ4n) is 1.61. The van der Waals surface area contributed by atoms with Gasteiger partial charge in [-0.3, -0.25) is 0 Å². The topological polar surface area (TPSA) is 24.9 Å². The molecule has 17 heavy (non-hydrogen) atoms. The van der Waals surface area contributed by atoms with E-state index in [1.54, 1.807) is 11.3 Å². The van der Waals surface area contributed by atoms with Gasteiger partial charge in [0.05, 0.1) is 5.01 Å². The van der Waals surface area contributed by atoms with Crippen molar-refractivity contribution < 1.29 is 0 Å². The number of benzene rings is 1. The van der Waals surface area contributed by atoms with Crippen LogP contribution < -0.4 is 5.32 Å². The third kappa shape index (κ3) is 3.53. The first-order chi connectivity index (χ1) is 8.15. The molecule has 1 aromatic carbocycles. The zero-order chi connectivity index (χ0) is 12.3. The van der Waals surface area contributed by atoms with Gasteiger partial charge in [0.2, 0.25) is 0 Å². The minimum absolute atomic E-state index is 0.315. The van der Waals surface area contributed by atoms with Crippen molar-refractivity contribution in [3.8, 4) is 0 Å². The van der Waals surface area contributed by atoms with Gasteiger partial charge in [0.15, 0.2) is 0 Å². The summed E-state index contributed by atoms with van der Waals surface area (Å²) >= 11 is 7.60. The minimum Gasteiger partial charge on any atom is -0.305 e. The minimum atomic E-state index is 0.315. The summed E-state index contributed by atoms with van der Waals surface area (Å²) < 4.78 is 0. The van der Waals surface area contributed by atoms with E-state index in [4.69, 9.17) is 11.6 Å². The Hall–Kier alpha value is -0.900. The number of rotatable bonds is 4. The molecule has 0 saturated carbocycles. The number of aryl methyl sites for hydroxylation is 1. The van der Waals surface area contributed by atoms with Crippen molar-refractivity contribution in [2.75, 3.05) is 0 Å². The van der Waals surface area contributed by atoms with Crippen LogP contribution in [0.5, 0.6) is 0 Å². The van der Waals surface area contributed by atoms with Gasteiger partial charge in [-0.05, 0) is 31.5 Å². The Morgan fingerprint density at radius 2 is 2.06 bits per heavy atom. The van der Waals surface area contributed by atoms with Gasteiger partial charge in [0, 0.05) is 28.7 Å². The van der Waals surface area contributed by atoms with Gasteiger partial charge in [0.1, 0.15) is 0 Å². The number of hydrogen-bond acceptors (Lipinski definition) is 3. The molecule has 0 bridgehead atoms. The fraction of sp³-hybridized carbons (Fsp3) is 0.308. The first kappa shape index (κ1) is 12.6. The zero-order valence-corrected chi connectivity index (χ0v) is 11.5. The molecule has 0 radical (unpaired) electrons. The summed E-state index contributed by atoms with van der Waals surface area (Å²) in [5.41, 5.74) is 1.25. The van der Waals surface area contributed by atoms with E-state index in [9.17, 15) is 0 Å². The van der Waals surface area contributed by atoms with Gasteiger partial charge < -0.3 is 5.32 Å². The van der Waals surface area contributed by atoms with Crippen LogP contribution in [0.1, 0.15) is 28.4 Å².